The fourth-order valence-electron chi connectivity index (χ4n) is 2.30. The number of hydrogen-bond donors (Lipinski definition) is 3. The number of nitrogens with one attached hydrogen (secondary N) is 3. The van der Waals surface area contributed by atoms with Gasteiger partial charge in [-0.25, -0.2) is 0 Å². The van der Waals surface area contributed by atoms with E-state index < -0.39 is 0 Å². The first kappa shape index (κ1) is 16.8. The topological polar surface area (TPSA) is 65.5 Å². The first-order valence-corrected chi connectivity index (χ1v) is 7.99. The minimum Gasteiger partial charge on any atom is -0.357 e. The average molecular weight is 282 g/mol. The second-order valence-corrected chi connectivity index (χ2v) is 5.51. The number of rotatable bonds is 7. The first-order chi connectivity index (χ1) is 9.65. The number of guanidine groups is 1. The summed E-state index contributed by atoms with van der Waals surface area (Å²) in [4.78, 5) is 16.2. The highest BCUT2D eigenvalue weighted by molar-refractivity contribution is 5.81. The molecule has 0 heterocycles. The molecule has 0 radical (unpaired) electrons. The van der Waals surface area contributed by atoms with Crippen LogP contribution < -0.4 is 16.0 Å². The molecule has 1 aliphatic rings. The van der Waals surface area contributed by atoms with Gasteiger partial charge in [0.25, 0.3) is 0 Å². The summed E-state index contributed by atoms with van der Waals surface area (Å²) in [5, 5.41) is 9.65. The first-order valence-electron chi connectivity index (χ1n) is 7.99. The zero-order valence-corrected chi connectivity index (χ0v) is 13.2. The Balaban J connectivity index is 2.32. The monoisotopic (exact) mass is 282 g/mol. The number of amides is 1. The van der Waals surface area contributed by atoms with E-state index in [1.807, 2.05) is 6.92 Å². The van der Waals surface area contributed by atoms with E-state index in [1.165, 1.54) is 25.7 Å². The highest BCUT2D eigenvalue weighted by atomic mass is 16.1. The lowest BCUT2D eigenvalue weighted by Crippen LogP contribution is -2.42. The summed E-state index contributed by atoms with van der Waals surface area (Å²) >= 11 is 0. The van der Waals surface area contributed by atoms with Crippen LogP contribution in [0.5, 0.6) is 0 Å². The van der Waals surface area contributed by atoms with Gasteiger partial charge in [-0.2, -0.15) is 0 Å². The molecule has 0 saturated heterocycles. The lowest BCUT2D eigenvalue weighted by Gasteiger charge is -2.16. The molecule has 0 spiro atoms. The van der Waals surface area contributed by atoms with Crippen molar-refractivity contribution in [3.63, 3.8) is 0 Å². The SMILES string of the molecule is CCNC(=NCCC(=O)NC(C)CC)NC1CCCC1. The molecule has 1 aliphatic carbocycles. The molecule has 0 aromatic heterocycles. The maximum absolute atomic E-state index is 11.7. The third kappa shape index (κ3) is 6.78. The Bertz CT molecular complexity index is 311. The number of aliphatic imine (C=N–C) groups is 1. The van der Waals surface area contributed by atoms with Crippen LogP contribution in [-0.4, -0.2) is 37.0 Å². The van der Waals surface area contributed by atoms with Crippen molar-refractivity contribution in [1.29, 1.82) is 0 Å². The van der Waals surface area contributed by atoms with E-state index in [9.17, 15) is 4.79 Å². The molecule has 1 fully saturated rings. The molecule has 1 amide bonds. The standard InChI is InChI=1S/C15H30N4O/c1-4-12(3)18-14(20)10-11-17-15(16-5-2)19-13-8-6-7-9-13/h12-13H,4-11H2,1-3H3,(H,18,20)(H2,16,17,19). The summed E-state index contributed by atoms with van der Waals surface area (Å²) in [5.74, 6) is 0.926. The van der Waals surface area contributed by atoms with Crippen molar-refractivity contribution >= 4 is 11.9 Å². The summed E-state index contributed by atoms with van der Waals surface area (Å²) in [5.41, 5.74) is 0. The Labute approximate surface area is 123 Å². The number of carbonyl (C=O) groups is 1. The molecule has 0 bridgehead atoms. The minimum absolute atomic E-state index is 0.0832. The van der Waals surface area contributed by atoms with Gasteiger partial charge in [0.05, 0.1) is 6.54 Å². The van der Waals surface area contributed by atoms with Crippen molar-refractivity contribution in [2.24, 2.45) is 4.99 Å². The number of carbonyl (C=O) groups excluding carboxylic acids is 1. The second kappa shape index (κ2) is 9.61. The molecule has 1 unspecified atom stereocenters. The lowest BCUT2D eigenvalue weighted by molar-refractivity contribution is -0.121. The van der Waals surface area contributed by atoms with Crippen molar-refractivity contribution in [2.45, 2.75) is 71.4 Å². The fourth-order valence-corrected chi connectivity index (χ4v) is 2.30. The maximum Gasteiger partial charge on any atom is 0.222 e. The van der Waals surface area contributed by atoms with Gasteiger partial charge in [0.1, 0.15) is 0 Å². The molecule has 1 saturated carbocycles. The molecule has 1 rings (SSSR count). The quantitative estimate of drug-likeness (QED) is 0.493. The Morgan fingerprint density at radius 3 is 2.60 bits per heavy atom. The molecule has 5 nitrogen and oxygen atoms in total. The van der Waals surface area contributed by atoms with Gasteiger partial charge >= 0.3 is 0 Å². The molecular weight excluding hydrogens is 252 g/mol. The Hall–Kier alpha value is -1.26. The van der Waals surface area contributed by atoms with Gasteiger partial charge in [0.15, 0.2) is 5.96 Å². The average Bonchev–Trinajstić information content (AvgIpc) is 2.91. The van der Waals surface area contributed by atoms with Gasteiger partial charge in [0, 0.05) is 25.0 Å². The molecule has 116 valence electrons. The van der Waals surface area contributed by atoms with Gasteiger partial charge in [-0.05, 0) is 33.1 Å². The summed E-state index contributed by atoms with van der Waals surface area (Å²) < 4.78 is 0. The predicted octanol–water partition coefficient (Wildman–Crippen LogP) is 1.79. The van der Waals surface area contributed by atoms with Crippen LogP contribution >= 0.6 is 0 Å². The molecule has 0 aromatic carbocycles. The van der Waals surface area contributed by atoms with E-state index in [2.05, 4.69) is 34.8 Å². The van der Waals surface area contributed by atoms with Crippen LogP contribution in [0.4, 0.5) is 0 Å². The largest absolute Gasteiger partial charge is 0.357 e. The molecule has 1 atom stereocenters. The molecule has 20 heavy (non-hydrogen) atoms. The van der Waals surface area contributed by atoms with E-state index in [0.29, 0.717) is 19.0 Å². The van der Waals surface area contributed by atoms with E-state index in [0.717, 1.165) is 18.9 Å². The van der Waals surface area contributed by atoms with Crippen LogP contribution in [0.3, 0.4) is 0 Å². The van der Waals surface area contributed by atoms with Gasteiger partial charge in [-0.3, -0.25) is 9.79 Å². The molecular formula is C15H30N4O. The maximum atomic E-state index is 11.7. The smallest absolute Gasteiger partial charge is 0.222 e. The Morgan fingerprint density at radius 2 is 2.00 bits per heavy atom. The van der Waals surface area contributed by atoms with Gasteiger partial charge < -0.3 is 16.0 Å². The fraction of sp³-hybridized carbons (Fsp3) is 0.867. The number of nitrogens with zero attached hydrogens (tertiary/aromatic N) is 1. The van der Waals surface area contributed by atoms with Crippen molar-refractivity contribution in [2.75, 3.05) is 13.1 Å². The molecule has 3 N–H and O–H groups in total. The predicted molar refractivity (Wildman–Crippen MR) is 83.9 cm³/mol. The summed E-state index contributed by atoms with van der Waals surface area (Å²) in [6.07, 6.45) is 6.45. The van der Waals surface area contributed by atoms with Crippen molar-refractivity contribution < 1.29 is 4.79 Å². The highest BCUT2D eigenvalue weighted by Gasteiger charge is 2.15. The van der Waals surface area contributed by atoms with Gasteiger partial charge in [-0.1, -0.05) is 19.8 Å². The molecule has 0 aromatic rings. The van der Waals surface area contributed by atoms with Crippen molar-refractivity contribution in [3.05, 3.63) is 0 Å². The van der Waals surface area contributed by atoms with Gasteiger partial charge in [0.2, 0.25) is 5.91 Å². The minimum atomic E-state index is 0.0832. The van der Waals surface area contributed by atoms with Crippen molar-refractivity contribution in [3.8, 4) is 0 Å². The van der Waals surface area contributed by atoms with Gasteiger partial charge in [-0.15, -0.1) is 0 Å². The lowest BCUT2D eigenvalue weighted by atomic mass is 10.2. The van der Waals surface area contributed by atoms with Crippen LogP contribution in [0.1, 0.15) is 59.3 Å². The third-order valence-corrected chi connectivity index (χ3v) is 3.67. The third-order valence-electron chi connectivity index (χ3n) is 3.67. The van der Waals surface area contributed by atoms with E-state index in [1.54, 1.807) is 0 Å². The number of hydrogen-bond acceptors (Lipinski definition) is 2. The molecule has 0 aliphatic heterocycles. The normalized spacial score (nSPS) is 17.9. The Kier molecular flexibility index (Phi) is 8.07. The summed E-state index contributed by atoms with van der Waals surface area (Å²) in [6, 6.07) is 0.790. The van der Waals surface area contributed by atoms with E-state index in [-0.39, 0.29) is 11.9 Å². The van der Waals surface area contributed by atoms with Crippen LogP contribution in [0.25, 0.3) is 0 Å². The summed E-state index contributed by atoms with van der Waals surface area (Å²) in [7, 11) is 0. The second-order valence-electron chi connectivity index (χ2n) is 5.51. The van der Waals surface area contributed by atoms with Crippen molar-refractivity contribution in [1.82, 2.24) is 16.0 Å². The van der Waals surface area contributed by atoms with Crippen LogP contribution in [-0.2, 0) is 4.79 Å². The van der Waals surface area contributed by atoms with Crippen LogP contribution in [0.15, 0.2) is 4.99 Å². The van der Waals surface area contributed by atoms with Crippen LogP contribution in [0, 0.1) is 0 Å². The Morgan fingerprint density at radius 1 is 1.30 bits per heavy atom. The van der Waals surface area contributed by atoms with Crippen LogP contribution in [0.2, 0.25) is 0 Å². The highest BCUT2D eigenvalue weighted by Crippen LogP contribution is 2.17. The molecule has 5 heteroatoms. The van der Waals surface area contributed by atoms with E-state index >= 15 is 0 Å². The summed E-state index contributed by atoms with van der Waals surface area (Å²) in [6.45, 7) is 7.52. The van der Waals surface area contributed by atoms with E-state index in [4.69, 9.17) is 0 Å². The zero-order valence-electron chi connectivity index (χ0n) is 13.2. The zero-order chi connectivity index (χ0) is 14.8.